The first kappa shape index (κ1) is 7.69. The van der Waals surface area contributed by atoms with Crippen LogP contribution in [0.15, 0.2) is 0 Å². The van der Waals surface area contributed by atoms with Crippen LogP contribution in [0.25, 0.3) is 0 Å². The fourth-order valence-electron chi connectivity index (χ4n) is 1.40. The number of hydrogen-bond donors (Lipinski definition) is 2. The second-order valence-electron chi connectivity index (χ2n) is 2.91. The monoisotopic (exact) mass is 143 g/mol. The summed E-state index contributed by atoms with van der Waals surface area (Å²) in [5, 5.41) is 11.8. The zero-order valence-electron chi connectivity index (χ0n) is 6.08. The Morgan fingerprint density at radius 3 is 2.80 bits per heavy atom. The van der Waals surface area contributed by atoms with E-state index >= 15 is 0 Å². The van der Waals surface area contributed by atoms with Crippen LogP contribution < -0.4 is 5.32 Å². The summed E-state index contributed by atoms with van der Waals surface area (Å²) in [5.74, 6) is 0.417. The van der Waals surface area contributed by atoms with Crippen molar-refractivity contribution in [3.05, 3.63) is 0 Å². The van der Waals surface area contributed by atoms with Crippen molar-refractivity contribution in [1.82, 2.24) is 5.32 Å². The number of carbonyl (C=O) groups excluding carboxylic acids is 1. The Morgan fingerprint density at radius 2 is 2.50 bits per heavy atom. The summed E-state index contributed by atoms with van der Waals surface area (Å²) in [6.07, 6.45) is 1.76. The summed E-state index contributed by atoms with van der Waals surface area (Å²) in [6, 6.07) is 0.0855. The summed E-state index contributed by atoms with van der Waals surface area (Å²) >= 11 is 0. The zero-order chi connectivity index (χ0) is 7.56. The van der Waals surface area contributed by atoms with Crippen molar-refractivity contribution < 1.29 is 9.90 Å². The first-order chi connectivity index (χ1) is 4.77. The number of aldehydes is 1. The molecule has 3 nitrogen and oxygen atoms in total. The average Bonchev–Trinajstić information content (AvgIpc) is 2.30. The molecule has 3 heteroatoms. The molecule has 1 aliphatic rings. The van der Waals surface area contributed by atoms with Crippen LogP contribution in [0, 0.1) is 5.92 Å². The maximum atomic E-state index is 10.3. The molecule has 1 fully saturated rings. The summed E-state index contributed by atoms with van der Waals surface area (Å²) in [7, 11) is 0. The van der Waals surface area contributed by atoms with Crippen LogP contribution >= 0.6 is 0 Å². The van der Waals surface area contributed by atoms with Gasteiger partial charge in [0, 0.05) is 6.04 Å². The van der Waals surface area contributed by atoms with Crippen LogP contribution in [-0.4, -0.2) is 30.1 Å². The first-order valence-corrected chi connectivity index (χ1v) is 3.60. The maximum absolute atomic E-state index is 10.3. The van der Waals surface area contributed by atoms with E-state index in [1.54, 1.807) is 0 Å². The average molecular weight is 143 g/mol. The molecule has 58 valence electrons. The Kier molecular flexibility index (Phi) is 2.40. The molecule has 1 heterocycles. The molecule has 1 aliphatic heterocycles. The van der Waals surface area contributed by atoms with Gasteiger partial charge in [0.2, 0.25) is 0 Å². The van der Waals surface area contributed by atoms with Crippen LogP contribution in [-0.2, 0) is 4.79 Å². The first-order valence-electron chi connectivity index (χ1n) is 3.60. The van der Waals surface area contributed by atoms with E-state index in [1.807, 2.05) is 6.92 Å². The Morgan fingerprint density at radius 1 is 1.80 bits per heavy atom. The van der Waals surface area contributed by atoms with Gasteiger partial charge in [0.25, 0.3) is 0 Å². The minimum absolute atomic E-state index is 0.0350. The van der Waals surface area contributed by atoms with Crippen molar-refractivity contribution >= 4 is 6.29 Å². The third-order valence-corrected chi connectivity index (χ3v) is 2.10. The SMILES string of the molecule is C[C@H]1CC(C=O)N[C@@H]1CO. The van der Waals surface area contributed by atoms with E-state index in [1.165, 1.54) is 0 Å². The zero-order valence-corrected chi connectivity index (χ0v) is 6.08. The van der Waals surface area contributed by atoms with Gasteiger partial charge in [-0.1, -0.05) is 6.92 Å². The number of rotatable bonds is 2. The summed E-state index contributed by atoms with van der Waals surface area (Å²) in [6.45, 7) is 2.17. The number of aliphatic hydroxyl groups is 1. The molecule has 3 atom stereocenters. The molecule has 0 aliphatic carbocycles. The van der Waals surface area contributed by atoms with E-state index in [0.717, 1.165) is 12.7 Å². The molecule has 0 bridgehead atoms. The van der Waals surface area contributed by atoms with E-state index in [4.69, 9.17) is 5.11 Å². The highest BCUT2D eigenvalue weighted by atomic mass is 16.3. The number of hydrogen-bond acceptors (Lipinski definition) is 3. The molecule has 0 aromatic heterocycles. The van der Waals surface area contributed by atoms with Gasteiger partial charge in [0.05, 0.1) is 12.6 Å². The lowest BCUT2D eigenvalue weighted by Gasteiger charge is -2.10. The molecule has 0 aromatic carbocycles. The molecule has 0 spiro atoms. The Balaban J connectivity index is 2.43. The van der Waals surface area contributed by atoms with Crippen molar-refractivity contribution in [1.29, 1.82) is 0 Å². The summed E-state index contributed by atoms with van der Waals surface area (Å²) in [4.78, 5) is 10.3. The van der Waals surface area contributed by atoms with Gasteiger partial charge in [-0.25, -0.2) is 0 Å². The van der Waals surface area contributed by atoms with Crippen LogP contribution in [0.3, 0.4) is 0 Å². The van der Waals surface area contributed by atoms with Crippen molar-refractivity contribution in [3.8, 4) is 0 Å². The van der Waals surface area contributed by atoms with E-state index in [2.05, 4.69) is 5.32 Å². The molecule has 1 saturated heterocycles. The molecule has 1 rings (SSSR count). The minimum Gasteiger partial charge on any atom is -0.395 e. The van der Waals surface area contributed by atoms with Crippen molar-refractivity contribution in [2.24, 2.45) is 5.92 Å². The van der Waals surface area contributed by atoms with Gasteiger partial charge >= 0.3 is 0 Å². The Hall–Kier alpha value is -0.410. The van der Waals surface area contributed by atoms with Crippen molar-refractivity contribution in [2.45, 2.75) is 25.4 Å². The van der Waals surface area contributed by atoms with Crippen molar-refractivity contribution in [3.63, 3.8) is 0 Å². The minimum atomic E-state index is -0.0350. The van der Waals surface area contributed by atoms with E-state index in [9.17, 15) is 4.79 Å². The van der Waals surface area contributed by atoms with Gasteiger partial charge in [-0.3, -0.25) is 0 Å². The van der Waals surface area contributed by atoms with Gasteiger partial charge in [0.1, 0.15) is 6.29 Å². The van der Waals surface area contributed by atoms with Crippen LogP contribution in [0.2, 0.25) is 0 Å². The Bertz CT molecular complexity index is 127. The Labute approximate surface area is 60.4 Å². The van der Waals surface area contributed by atoms with Crippen LogP contribution in [0.1, 0.15) is 13.3 Å². The maximum Gasteiger partial charge on any atom is 0.136 e. The van der Waals surface area contributed by atoms with E-state index in [-0.39, 0.29) is 18.7 Å². The standard InChI is InChI=1S/C7H13NO2/c1-5-2-6(3-9)8-7(5)4-10/h3,5-8,10H,2,4H2,1H3/t5-,6?,7+/m0/s1. The lowest BCUT2D eigenvalue weighted by atomic mass is 10.0. The van der Waals surface area contributed by atoms with Gasteiger partial charge in [-0.15, -0.1) is 0 Å². The lowest BCUT2D eigenvalue weighted by molar-refractivity contribution is -0.109. The van der Waals surface area contributed by atoms with Crippen LogP contribution in [0.4, 0.5) is 0 Å². The van der Waals surface area contributed by atoms with Gasteiger partial charge in [-0.05, 0) is 12.3 Å². The largest absolute Gasteiger partial charge is 0.395 e. The topological polar surface area (TPSA) is 49.3 Å². The fourth-order valence-corrected chi connectivity index (χ4v) is 1.40. The van der Waals surface area contributed by atoms with Crippen LogP contribution in [0.5, 0.6) is 0 Å². The highest BCUT2D eigenvalue weighted by Crippen LogP contribution is 2.17. The third-order valence-electron chi connectivity index (χ3n) is 2.10. The number of nitrogens with one attached hydrogen (secondary N) is 1. The molecule has 0 saturated carbocycles. The fraction of sp³-hybridized carbons (Fsp3) is 0.857. The van der Waals surface area contributed by atoms with Gasteiger partial charge < -0.3 is 15.2 Å². The highest BCUT2D eigenvalue weighted by molar-refractivity contribution is 5.58. The summed E-state index contributed by atoms with van der Waals surface area (Å²) < 4.78 is 0. The molecular weight excluding hydrogens is 130 g/mol. The number of aliphatic hydroxyl groups excluding tert-OH is 1. The van der Waals surface area contributed by atoms with Gasteiger partial charge in [0.15, 0.2) is 0 Å². The molecule has 0 amide bonds. The molecule has 0 aromatic rings. The normalized spacial score (nSPS) is 40.0. The molecule has 0 radical (unpaired) electrons. The second-order valence-corrected chi connectivity index (χ2v) is 2.91. The lowest BCUT2D eigenvalue weighted by Crippen LogP contribution is -2.34. The molecular formula is C7H13NO2. The second kappa shape index (κ2) is 3.12. The predicted molar refractivity (Wildman–Crippen MR) is 37.6 cm³/mol. The number of carbonyl (C=O) groups is 1. The highest BCUT2D eigenvalue weighted by Gasteiger charge is 2.29. The van der Waals surface area contributed by atoms with E-state index < -0.39 is 0 Å². The van der Waals surface area contributed by atoms with E-state index in [0.29, 0.717) is 5.92 Å². The summed E-state index contributed by atoms with van der Waals surface area (Å²) in [5.41, 5.74) is 0. The molecule has 10 heavy (non-hydrogen) atoms. The quantitative estimate of drug-likeness (QED) is 0.514. The smallest absolute Gasteiger partial charge is 0.136 e. The third kappa shape index (κ3) is 1.36. The van der Waals surface area contributed by atoms with Crippen molar-refractivity contribution in [2.75, 3.05) is 6.61 Å². The predicted octanol–water partition coefficient (Wildman–Crippen LogP) is -0.456. The van der Waals surface area contributed by atoms with Gasteiger partial charge in [-0.2, -0.15) is 0 Å². The molecule has 2 N–H and O–H groups in total. The molecule has 1 unspecified atom stereocenters.